The molecule has 0 atom stereocenters. The highest BCUT2D eigenvalue weighted by molar-refractivity contribution is 5.81. The van der Waals surface area contributed by atoms with Crippen LogP contribution >= 0.6 is 0 Å². The Morgan fingerprint density at radius 3 is 2.45 bits per heavy atom. The first-order chi connectivity index (χ1) is 14.9. The molecule has 0 bridgehead atoms. The van der Waals surface area contributed by atoms with E-state index in [4.69, 9.17) is 5.11 Å². The van der Waals surface area contributed by atoms with Crippen LogP contribution in [-0.4, -0.2) is 55.8 Å². The molecule has 1 amide bonds. The number of hydrogen-bond donors (Lipinski definition) is 2. The lowest BCUT2D eigenvalue weighted by atomic mass is 9.88. The van der Waals surface area contributed by atoms with E-state index in [2.05, 4.69) is 20.2 Å². The fraction of sp³-hybridized carbons (Fsp3) is 0.333. The number of carbonyl (C=O) groups is 1. The van der Waals surface area contributed by atoms with Crippen LogP contribution in [0.1, 0.15) is 30.0 Å². The Kier molecular flexibility index (Phi) is 5.73. The maximum Gasteiger partial charge on any atom is 0.416 e. The van der Waals surface area contributed by atoms with E-state index in [9.17, 15) is 18.0 Å². The number of rotatable bonds is 4. The Morgan fingerprint density at radius 2 is 1.87 bits per heavy atom. The lowest BCUT2D eigenvalue weighted by Crippen LogP contribution is -2.39. The van der Waals surface area contributed by atoms with Gasteiger partial charge in [-0.2, -0.15) is 18.3 Å². The zero-order valence-corrected chi connectivity index (χ0v) is 16.4. The Labute approximate surface area is 176 Å². The number of likely N-dealkylation sites (tertiary alicyclic amines) is 1. The summed E-state index contributed by atoms with van der Waals surface area (Å²) in [5.74, 6) is -0.243. The van der Waals surface area contributed by atoms with Gasteiger partial charge in [-0.1, -0.05) is 12.1 Å². The summed E-state index contributed by atoms with van der Waals surface area (Å²) in [5, 5.41) is 16.5. The Morgan fingerprint density at radius 1 is 1.16 bits per heavy atom. The van der Waals surface area contributed by atoms with E-state index in [1.807, 2.05) is 0 Å². The number of aromatic nitrogens is 4. The van der Waals surface area contributed by atoms with Gasteiger partial charge in [0, 0.05) is 42.0 Å². The maximum absolute atomic E-state index is 12.9. The number of amides is 1. The number of piperidine rings is 1. The number of benzene rings is 1. The molecule has 0 radical (unpaired) electrons. The highest BCUT2D eigenvalue weighted by atomic mass is 19.4. The van der Waals surface area contributed by atoms with Gasteiger partial charge in [-0.15, -0.1) is 0 Å². The molecule has 4 rings (SSSR count). The van der Waals surface area contributed by atoms with Crippen LogP contribution in [0.2, 0.25) is 0 Å². The van der Waals surface area contributed by atoms with Crippen LogP contribution in [0.4, 0.5) is 13.2 Å². The Bertz CT molecular complexity index is 1040. The van der Waals surface area contributed by atoms with Crippen molar-refractivity contribution in [2.24, 2.45) is 0 Å². The zero-order valence-electron chi connectivity index (χ0n) is 16.4. The molecule has 0 aliphatic carbocycles. The number of nitrogens with one attached hydrogen (secondary N) is 1. The average molecular weight is 431 g/mol. The van der Waals surface area contributed by atoms with Gasteiger partial charge in [0.2, 0.25) is 5.91 Å². The summed E-state index contributed by atoms with van der Waals surface area (Å²) in [6, 6.07) is 6.59. The Hall–Kier alpha value is -3.27. The smallest absolute Gasteiger partial charge is 0.387 e. The molecule has 0 saturated carbocycles. The molecular formula is C21H20F3N5O2. The third-order valence-corrected chi connectivity index (χ3v) is 5.51. The van der Waals surface area contributed by atoms with Crippen molar-refractivity contribution in [1.29, 1.82) is 0 Å². The van der Waals surface area contributed by atoms with Crippen molar-refractivity contribution in [2.45, 2.75) is 24.9 Å². The summed E-state index contributed by atoms with van der Waals surface area (Å²) in [7, 11) is 0. The predicted molar refractivity (Wildman–Crippen MR) is 106 cm³/mol. The van der Waals surface area contributed by atoms with E-state index in [0.29, 0.717) is 48.4 Å². The Balaban J connectivity index is 1.70. The topological polar surface area (TPSA) is 95.0 Å². The minimum atomic E-state index is -4.41. The van der Waals surface area contributed by atoms with Crippen molar-refractivity contribution in [1.82, 2.24) is 25.1 Å². The van der Waals surface area contributed by atoms with Gasteiger partial charge in [-0.3, -0.25) is 9.89 Å². The van der Waals surface area contributed by atoms with Gasteiger partial charge in [-0.25, -0.2) is 9.97 Å². The molecule has 1 aliphatic heterocycles. The minimum Gasteiger partial charge on any atom is -0.387 e. The first-order valence-corrected chi connectivity index (χ1v) is 9.79. The number of H-pyrrole nitrogens is 1. The van der Waals surface area contributed by atoms with Crippen molar-refractivity contribution in [3.8, 4) is 22.5 Å². The van der Waals surface area contributed by atoms with E-state index >= 15 is 0 Å². The number of alkyl halides is 3. The summed E-state index contributed by atoms with van der Waals surface area (Å²) in [6.07, 6.45) is -0.0784. The largest absolute Gasteiger partial charge is 0.416 e. The summed E-state index contributed by atoms with van der Waals surface area (Å²) in [5.41, 5.74) is 2.48. The first-order valence-electron chi connectivity index (χ1n) is 9.79. The monoisotopic (exact) mass is 431 g/mol. The molecule has 31 heavy (non-hydrogen) atoms. The van der Waals surface area contributed by atoms with Crippen molar-refractivity contribution in [2.75, 3.05) is 19.7 Å². The van der Waals surface area contributed by atoms with Crippen LogP contribution in [0.15, 0.2) is 42.9 Å². The molecule has 0 spiro atoms. The highest BCUT2D eigenvalue weighted by Crippen LogP contribution is 2.39. The van der Waals surface area contributed by atoms with Gasteiger partial charge in [0.05, 0.1) is 11.3 Å². The third kappa shape index (κ3) is 4.29. The standard InChI is InChI=1S/C21H20F3N5O2/c22-21(23,24)15-3-1-13(2-4-15)19-18(16-5-8-25-12-26-16)20(28-27-19)14-6-9-29(10-7-14)17(31)11-30/h1-5,8,12,14,30H,6-7,9-11H2,(H,27,28). The molecule has 0 unspecified atom stereocenters. The SMILES string of the molecule is O=C(CO)N1CCC(c2[nH]nc(-c3ccc(C(F)(F)F)cc3)c2-c2ccncn2)CC1. The van der Waals surface area contributed by atoms with Gasteiger partial charge < -0.3 is 10.0 Å². The molecule has 7 nitrogen and oxygen atoms in total. The second-order valence-corrected chi connectivity index (χ2v) is 7.34. The quantitative estimate of drug-likeness (QED) is 0.661. The number of aromatic amines is 1. The fourth-order valence-electron chi connectivity index (χ4n) is 3.89. The van der Waals surface area contributed by atoms with Crippen LogP contribution in [0.5, 0.6) is 0 Å². The van der Waals surface area contributed by atoms with E-state index < -0.39 is 18.3 Å². The molecule has 1 aliphatic rings. The summed E-state index contributed by atoms with van der Waals surface area (Å²) in [6.45, 7) is 0.489. The number of aliphatic hydroxyl groups is 1. The molecule has 1 fully saturated rings. The molecule has 162 valence electrons. The third-order valence-electron chi connectivity index (χ3n) is 5.51. The van der Waals surface area contributed by atoms with Crippen LogP contribution < -0.4 is 0 Å². The van der Waals surface area contributed by atoms with Crippen molar-refractivity contribution in [3.05, 3.63) is 54.1 Å². The van der Waals surface area contributed by atoms with E-state index in [1.54, 1.807) is 17.2 Å². The predicted octanol–water partition coefficient (Wildman–Crippen LogP) is 3.25. The van der Waals surface area contributed by atoms with Crippen molar-refractivity contribution in [3.63, 3.8) is 0 Å². The van der Waals surface area contributed by atoms with Gasteiger partial charge in [0.15, 0.2) is 0 Å². The maximum atomic E-state index is 12.9. The van der Waals surface area contributed by atoms with Crippen molar-refractivity contribution < 1.29 is 23.1 Å². The summed E-state index contributed by atoms with van der Waals surface area (Å²) < 4.78 is 38.8. The first kappa shape index (κ1) is 21.0. The normalized spacial score (nSPS) is 15.3. The van der Waals surface area contributed by atoms with Crippen LogP contribution in [0, 0.1) is 0 Å². The zero-order chi connectivity index (χ0) is 22.0. The molecule has 3 heterocycles. The van der Waals surface area contributed by atoms with E-state index in [1.165, 1.54) is 18.5 Å². The number of carbonyl (C=O) groups excluding carboxylic acids is 1. The van der Waals surface area contributed by atoms with Crippen LogP contribution in [-0.2, 0) is 11.0 Å². The molecule has 1 saturated heterocycles. The van der Waals surface area contributed by atoms with E-state index in [0.717, 1.165) is 17.8 Å². The number of hydrogen-bond acceptors (Lipinski definition) is 5. The van der Waals surface area contributed by atoms with Gasteiger partial charge in [-0.05, 0) is 31.0 Å². The van der Waals surface area contributed by atoms with Gasteiger partial charge in [0.25, 0.3) is 0 Å². The summed E-state index contributed by atoms with van der Waals surface area (Å²) >= 11 is 0. The van der Waals surface area contributed by atoms with Crippen LogP contribution in [0.25, 0.3) is 22.5 Å². The number of halogens is 3. The molecule has 1 aromatic carbocycles. The molecule has 2 aromatic heterocycles. The highest BCUT2D eigenvalue weighted by Gasteiger charge is 2.31. The number of aliphatic hydroxyl groups excluding tert-OH is 1. The second-order valence-electron chi connectivity index (χ2n) is 7.34. The van der Waals surface area contributed by atoms with Gasteiger partial charge >= 0.3 is 6.18 Å². The van der Waals surface area contributed by atoms with Crippen LogP contribution in [0.3, 0.4) is 0 Å². The fourth-order valence-corrected chi connectivity index (χ4v) is 3.89. The number of nitrogens with zero attached hydrogens (tertiary/aromatic N) is 4. The minimum absolute atomic E-state index is 0.0587. The van der Waals surface area contributed by atoms with Crippen molar-refractivity contribution >= 4 is 5.91 Å². The van der Waals surface area contributed by atoms with E-state index in [-0.39, 0.29) is 11.8 Å². The molecule has 3 aromatic rings. The lowest BCUT2D eigenvalue weighted by Gasteiger charge is -2.31. The lowest BCUT2D eigenvalue weighted by molar-refractivity contribution is -0.137. The molecular weight excluding hydrogens is 411 g/mol. The average Bonchev–Trinajstić information content (AvgIpc) is 3.24. The second kappa shape index (κ2) is 8.46. The molecule has 10 heteroatoms. The molecule has 2 N–H and O–H groups in total. The summed E-state index contributed by atoms with van der Waals surface area (Å²) in [4.78, 5) is 21.6. The van der Waals surface area contributed by atoms with Gasteiger partial charge in [0.1, 0.15) is 18.6 Å².